The van der Waals surface area contributed by atoms with Crippen molar-refractivity contribution in [3.8, 4) is 22.3 Å². The van der Waals surface area contributed by atoms with Crippen molar-refractivity contribution in [1.29, 1.82) is 0 Å². The SMILES string of the molecule is CC1(C)c2ccccc2N(c2cccc(-c3ccc(N(c4ccc(-c5cccc(N6c7ccccc7C(C)(C)c7ccccc76)c5)cc4)c4cc5ccccc5c5ccccc45)cc3)c2)c2ccccc21. The van der Waals surface area contributed by atoms with Gasteiger partial charge in [-0.2, -0.15) is 0 Å². The largest absolute Gasteiger partial charge is 0.310 e. The summed E-state index contributed by atoms with van der Waals surface area (Å²) in [6, 6.07) is 91.7. The van der Waals surface area contributed by atoms with E-state index >= 15 is 0 Å². The molecule has 13 rings (SSSR count). The van der Waals surface area contributed by atoms with Gasteiger partial charge in [-0.05, 0) is 140 Å². The van der Waals surface area contributed by atoms with Crippen molar-refractivity contribution < 1.29 is 0 Å². The predicted octanol–water partition coefficient (Wildman–Crippen LogP) is 19.0. The van der Waals surface area contributed by atoms with Gasteiger partial charge in [0.1, 0.15) is 0 Å². The van der Waals surface area contributed by atoms with E-state index in [1.54, 1.807) is 0 Å². The molecule has 0 aliphatic carbocycles. The monoisotopic (exact) mass is 911 g/mol. The second-order valence-corrected chi connectivity index (χ2v) is 20.2. The fraction of sp³-hybridized carbons (Fsp3) is 0.0882. The first-order valence-electron chi connectivity index (χ1n) is 24.8. The van der Waals surface area contributed by atoms with E-state index in [1.807, 2.05) is 0 Å². The van der Waals surface area contributed by atoms with Crippen LogP contribution < -0.4 is 14.7 Å². The molecule has 3 heteroatoms. The summed E-state index contributed by atoms with van der Waals surface area (Å²) in [5.74, 6) is 0. The number of hydrogen-bond acceptors (Lipinski definition) is 3. The first kappa shape index (κ1) is 42.4. The number of rotatable bonds is 7. The van der Waals surface area contributed by atoms with Gasteiger partial charge in [-0.25, -0.2) is 0 Å². The average Bonchev–Trinajstić information content (AvgIpc) is 3.42. The van der Waals surface area contributed by atoms with Crippen LogP contribution in [0, 0.1) is 0 Å². The molecule has 0 amide bonds. The molecule has 0 radical (unpaired) electrons. The van der Waals surface area contributed by atoms with Crippen LogP contribution >= 0.6 is 0 Å². The molecule has 0 fully saturated rings. The molecule has 0 unspecified atom stereocenters. The minimum atomic E-state index is -0.115. The Kier molecular flexibility index (Phi) is 9.86. The van der Waals surface area contributed by atoms with Crippen molar-refractivity contribution in [3.63, 3.8) is 0 Å². The van der Waals surface area contributed by atoms with Crippen LogP contribution in [0.4, 0.5) is 51.2 Å². The Hall–Kier alpha value is -8.66. The van der Waals surface area contributed by atoms with Gasteiger partial charge in [-0.1, -0.05) is 198 Å². The molecule has 340 valence electrons. The molecule has 2 aliphatic heterocycles. The summed E-state index contributed by atoms with van der Waals surface area (Å²) in [5, 5.41) is 4.90. The molecule has 0 atom stereocenters. The normalized spacial score (nSPS) is 14.1. The number of nitrogens with zero attached hydrogens (tertiary/aromatic N) is 3. The van der Waals surface area contributed by atoms with E-state index in [9.17, 15) is 0 Å². The summed E-state index contributed by atoms with van der Waals surface area (Å²) in [5.41, 5.74) is 20.3. The Morgan fingerprint density at radius 2 is 0.662 bits per heavy atom. The standard InChI is InChI=1S/C68H53N3/c1-67(2)58-27-9-13-31-62(58)70(63-32-14-10-28-59(63)67)53-22-17-20-48(43-53)46-35-39-51(40-36-46)69(66-45-50-19-5-6-24-55(50)56-25-7-8-26-57(56)66)52-41-37-47(38-42-52)49-21-18-23-54(44-49)71-64-33-15-11-29-60(64)68(3,4)61-30-12-16-34-65(61)71/h5-45H,1-4H3. The highest BCUT2D eigenvalue weighted by molar-refractivity contribution is 6.14. The van der Waals surface area contributed by atoms with Crippen LogP contribution in [0.1, 0.15) is 49.9 Å². The minimum Gasteiger partial charge on any atom is -0.310 e. The lowest BCUT2D eigenvalue weighted by Crippen LogP contribution is -2.30. The topological polar surface area (TPSA) is 9.72 Å². The van der Waals surface area contributed by atoms with E-state index in [0.29, 0.717) is 0 Å². The predicted molar refractivity (Wildman–Crippen MR) is 301 cm³/mol. The van der Waals surface area contributed by atoms with E-state index in [0.717, 1.165) is 39.6 Å². The molecule has 0 spiro atoms. The molecule has 3 nitrogen and oxygen atoms in total. The molecule has 71 heavy (non-hydrogen) atoms. The van der Waals surface area contributed by atoms with E-state index in [1.165, 1.54) is 77.7 Å². The van der Waals surface area contributed by atoms with Gasteiger partial charge in [-0.15, -0.1) is 0 Å². The Balaban J connectivity index is 0.893. The van der Waals surface area contributed by atoms with Crippen LogP contribution in [-0.2, 0) is 10.8 Å². The Morgan fingerprint density at radius 1 is 0.296 bits per heavy atom. The molecule has 0 bridgehead atoms. The van der Waals surface area contributed by atoms with Gasteiger partial charge in [0, 0.05) is 39.0 Å². The van der Waals surface area contributed by atoms with Crippen LogP contribution in [0.15, 0.2) is 249 Å². The zero-order chi connectivity index (χ0) is 47.8. The highest BCUT2D eigenvalue weighted by Gasteiger charge is 2.38. The minimum absolute atomic E-state index is 0.115. The maximum absolute atomic E-state index is 2.44. The molecule has 0 aromatic heterocycles. The van der Waals surface area contributed by atoms with Crippen LogP contribution in [0.3, 0.4) is 0 Å². The average molecular weight is 912 g/mol. The highest BCUT2D eigenvalue weighted by Crippen LogP contribution is 2.54. The summed E-state index contributed by atoms with van der Waals surface area (Å²) >= 11 is 0. The lowest BCUT2D eigenvalue weighted by molar-refractivity contribution is 0.632. The molecule has 0 saturated carbocycles. The van der Waals surface area contributed by atoms with Gasteiger partial charge < -0.3 is 14.7 Å². The van der Waals surface area contributed by atoms with Crippen molar-refractivity contribution in [2.45, 2.75) is 38.5 Å². The van der Waals surface area contributed by atoms with Crippen LogP contribution in [0.5, 0.6) is 0 Å². The third-order valence-corrected chi connectivity index (χ3v) is 15.4. The molecular formula is C68H53N3. The molecule has 11 aromatic carbocycles. The maximum atomic E-state index is 2.44. The van der Waals surface area contributed by atoms with Crippen LogP contribution in [-0.4, -0.2) is 0 Å². The fourth-order valence-electron chi connectivity index (χ4n) is 11.8. The van der Waals surface area contributed by atoms with Crippen LogP contribution in [0.2, 0.25) is 0 Å². The highest BCUT2D eigenvalue weighted by atomic mass is 15.2. The molecule has 2 aliphatic rings. The summed E-state index contributed by atoms with van der Waals surface area (Å²) in [6.07, 6.45) is 0. The van der Waals surface area contributed by atoms with Crippen molar-refractivity contribution in [2.24, 2.45) is 0 Å². The van der Waals surface area contributed by atoms with Gasteiger partial charge >= 0.3 is 0 Å². The lowest BCUT2D eigenvalue weighted by Gasteiger charge is -2.42. The number of hydrogen-bond donors (Lipinski definition) is 0. The summed E-state index contributed by atoms with van der Waals surface area (Å²) in [4.78, 5) is 7.31. The van der Waals surface area contributed by atoms with E-state index in [4.69, 9.17) is 0 Å². The first-order chi connectivity index (χ1) is 34.7. The second-order valence-electron chi connectivity index (χ2n) is 20.2. The van der Waals surface area contributed by atoms with Crippen molar-refractivity contribution in [2.75, 3.05) is 14.7 Å². The van der Waals surface area contributed by atoms with E-state index in [-0.39, 0.29) is 10.8 Å². The molecule has 11 aromatic rings. The molecule has 2 heterocycles. The van der Waals surface area contributed by atoms with E-state index in [2.05, 4.69) is 291 Å². The Morgan fingerprint density at radius 3 is 1.10 bits per heavy atom. The zero-order valence-corrected chi connectivity index (χ0v) is 40.5. The van der Waals surface area contributed by atoms with Gasteiger partial charge in [-0.3, -0.25) is 0 Å². The van der Waals surface area contributed by atoms with Crippen molar-refractivity contribution in [1.82, 2.24) is 0 Å². The summed E-state index contributed by atoms with van der Waals surface area (Å²) in [6.45, 7) is 9.36. The molecule has 0 N–H and O–H groups in total. The first-order valence-corrected chi connectivity index (χ1v) is 24.8. The van der Waals surface area contributed by atoms with Crippen LogP contribution in [0.25, 0.3) is 43.8 Å². The maximum Gasteiger partial charge on any atom is 0.0546 e. The summed E-state index contributed by atoms with van der Waals surface area (Å²) < 4.78 is 0. The second kappa shape index (κ2) is 16.5. The Bertz CT molecular complexity index is 3550. The summed E-state index contributed by atoms with van der Waals surface area (Å²) in [7, 11) is 0. The number of anilines is 9. The van der Waals surface area contributed by atoms with Gasteiger partial charge in [0.2, 0.25) is 0 Å². The number of benzene rings is 11. The van der Waals surface area contributed by atoms with Crippen molar-refractivity contribution >= 4 is 72.7 Å². The number of fused-ring (bicyclic) bond motifs is 7. The quantitative estimate of drug-likeness (QED) is 0.148. The molecule has 0 saturated heterocycles. The van der Waals surface area contributed by atoms with Crippen molar-refractivity contribution in [3.05, 3.63) is 271 Å². The third kappa shape index (κ3) is 6.87. The third-order valence-electron chi connectivity index (χ3n) is 15.4. The van der Waals surface area contributed by atoms with Gasteiger partial charge in [0.05, 0.1) is 28.4 Å². The lowest BCUT2D eigenvalue weighted by atomic mass is 9.73. The number of para-hydroxylation sites is 4. The fourth-order valence-corrected chi connectivity index (χ4v) is 11.8. The molecular weight excluding hydrogens is 859 g/mol. The Labute approximate surface area is 417 Å². The smallest absolute Gasteiger partial charge is 0.0546 e. The van der Waals surface area contributed by atoms with Gasteiger partial charge in [0.25, 0.3) is 0 Å². The zero-order valence-electron chi connectivity index (χ0n) is 40.5. The van der Waals surface area contributed by atoms with Gasteiger partial charge in [0.15, 0.2) is 0 Å². The van der Waals surface area contributed by atoms with E-state index < -0.39 is 0 Å².